The van der Waals surface area contributed by atoms with Crippen LogP contribution in [0.5, 0.6) is 0 Å². The van der Waals surface area contributed by atoms with Crippen LogP contribution in [0.1, 0.15) is 26.2 Å². The molecule has 0 atom stereocenters. The van der Waals surface area contributed by atoms with Gasteiger partial charge in [-0.3, -0.25) is 0 Å². The van der Waals surface area contributed by atoms with Crippen molar-refractivity contribution in [3.63, 3.8) is 0 Å². The Labute approximate surface area is 73.7 Å². The summed E-state index contributed by atoms with van der Waals surface area (Å²) in [5.41, 5.74) is 0. The number of thiol groups is 1. The first kappa shape index (κ1) is 13.2. The molecule has 66 valence electrons. The molecule has 1 N–H and O–H groups in total. The summed E-state index contributed by atoms with van der Waals surface area (Å²) in [6, 6.07) is 0. The zero-order valence-electron chi connectivity index (χ0n) is 6.92. The number of unbranched alkanes of at least 4 members (excludes halogenated alkanes) is 2. The minimum absolute atomic E-state index is 0.833. The predicted octanol–water partition coefficient (Wildman–Crippen LogP) is 2.36. The van der Waals surface area contributed by atoms with Crippen LogP contribution in [0.4, 0.5) is 0 Å². The lowest BCUT2D eigenvalue weighted by molar-refractivity contribution is -0.131. The Bertz CT molecular complexity index is 98.3. The molecular weight excluding hydrogens is 160 g/mol. The molecule has 0 radical (unpaired) electrons. The van der Waals surface area contributed by atoms with Gasteiger partial charge in [0.1, 0.15) is 0 Å². The van der Waals surface area contributed by atoms with Crippen LogP contribution in [0, 0.1) is 0 Å². The lowest BCUT2D eigenvalue weighted by Gasteiger charge is -1.85. The minimum atomic E-state index is -0.981. The van der Waals surface area contributed by atoms with Crippen LogP contribution in [-0.2, 0) is 4.79 Å². The highest BCUT2D eigenvalue weighted by atomic mass is 32.1. The van der Waals surface area contributed by atoms with Gasteiger partial charge in [0.15, 0.2) is 0 Å². The van der Waals surface area contributed by atoms with E-state index in [1.165, 1.54) is 19.3 Å². The summed E-state index contributed by atoms with van der Waals surface area (Å²) in [7, 11) is 0. The van der Waals surface area contributed by atoms with Gasteiger partial charge >= 0.3 is 5.97 Å². The Morgan fingerprint density at radius 1 is 1.64 bits per heavy atom. The van der Waals surface area contributed by atoms with Crippen molar-refractivity contribution in [3.05, 3.63) is 12.7 Å². The maximum Gasteiger partial charge on any atom is 0.327 e. The number of carbonyl (C=O) groups is 1. The van der Waals surface area contributed by atoms with Gasteiger partial charge in [-0.25, -0.2) is 4.79 Å². The molecule has 0 spiro atoms. The molecule has 0 rings (SSSR count). The lowest BCUT2D eigenvalue weighted by atomic mass is 10.3. The van der Waals surface area contributed by atoms with E-state index in [4.69, 9.17) is 5.11 Å². The monoisotopic (exact) mass is 176 g/mol. The van der Waals surface area contributed by atoms with E-state index >= 15 is 0 Å². The van der Waals surface area contributed by atoms with Gasteiger partial charge in [-0.05, 0) is 12.2 Å². The largest absolute Gasteiger partial charge is 0.478 e. The van der Waals surface area contributed by atoms with Crippen LogP contribution < -0.4 is 0 Å². The van der Waals surface area contributed by atoms with Crippen molar-refractivity contribution in [1.82, 2.24) is 0 Å². The maximum atomic E-state index is 9.25. The van der Waals surface area contributed by atoms with Crippen LogP contribution in [0.2, 0.25) is 0 Å². The molecule has 0 aromatic carbocycles. The average Bonchev–Trinajstić information content (AvgIpc) is 2.02. The quantitative estimate of drug-likeness (QED) is 0.392. The van der Waals surface area contributed by atoms with Crippen molar-refractivity contribution in [2.45, 2.75) is 26.2 Å². The number of aliphatic carboxylic acids is 1. The van der Waals surface area contributed by atoms with E-state index in [2.05, 4.69) is 26.1 Å². The van der Waals surface area contributed by atoms with Crippen molar-refractivity contribution in [2.24, 2.45) is 0 Å². The van der Waals surface area contributed by atoms with E-state index in [1.807, 2.05) is 0 Å². The zero-order chi connectivity index (χ0) is 9.11. The second-order valence-corrected chi connectivity index (χ2v) is 2.42. The summed E-state index contributed by atoms with van der Waals surface area (Å²) >= 11 is 4.05. The van der Waals surface area contributed by atoms with Gasteiger partial charge in [0.2, 0.25) is 0 Å². The van der Waals surface area contributed by atoms with Crippen LogP contribution >= 0.6 is 12.6 Å². The van der Waals surface area contributed by atoms with Crippen LogP contribution in [0.3, 0.4) is 0 Å². The molecule has 0 amide bonds. The fraction of sp³-hybridized carbons (Fsp3) is 0.625. The Morgan fingerprint density at radius 2 is 2.09 bits per heavy atom. The summed E-state index contributed by atoms with van der Waals surface area (Å²) in [4.78, 5) is 9.25. The molecule has 0 saturated heterocycles. The van der Waals surface area contributed by atoms with Gasteiger partial charge in [0, 0.05) is 6.08 Å². The third kappa shape index (κ3) is 26.3. The van der Waals surface area contributed by atoms with Gasteiger partial charge in [0.25, 0.3) is 0 Å². The van der Waals surface area contributed by atoms with Crippen molar-refractivity contribution in [3.8, 4) is 0 Å². The molecule has 0 fully saturated rings. The number of carboxylic acids is 1. The van der Waals surface area contributed by atoms with Crippen molar-refractivity contribution >= 4 is 18.6 Å². The fourth-order valence-electron chi connectivity index (χ4n) is 0.362. The van der Waals surface area contributed by atoms with E-state index in [9.17, 15) is 4.79 Å². The molecule has 11 heavy (non-hydrogen) atoms. The molecule has 0 aliphatic carbocycles. The molecule has 0 saturated carbocycles. The van der Waals surface area contributed by atoms with Crippen molar-refractivity contribution < 1.29 is 9.90 Å². The molecule has 0 aromatic rings. The van der Waals surface area contributed by atoms with E-state index in [0.29, 0.717) is 0 Å². The first-order chi connectivity index (χ1) is 5.18. The number of carboxylic acid groups (broad SMARTS) is 1. The molecule has 0 aliphatic rings. The SMILES string of the molecule is C=CC(=O)O.CCCCCS. The highest BCUT2D eigenvalue weighted by Crippen LogP contribution is 1.93. The second kappa shape index (κ2) is 12.3. The Kier molecular flexibility index (Phi) is 14.7. The summed E-state index contributed by atoms with van der Waals surface area (Å²) in [5.74, 6) is 0.0680. The number of rotatable bonds is 4. The van der Waals surface area contributed by atoms with Crippen molar-refractivity contribution in [1.29, 1.82) is 0 Å². The van der Waals surface area contributed by atoms with Gasteiger partial charge in [0.05, 0.1) is 0 Å². The average molecular weight is 176 g/mol. The van der Waals surface area contributed by atoms with Crippen LogP contribution in [-0.4, -0.2) is 16.8 Å². The summed E-state index contributed by atoms with van der Waals surface area (Å²) in [6.45, 7) is 5.16. The Balaban J connectivity index is 0. The third-order valence-corrected chi connectivity index (χ3v) is 1.25. The summed E-state index contributed by atoms with van der Waals surface area (Å²) in [6.07, 6.45) is 4.75. The summed E-state index contributed by atoms with van der Waals surface area (Å²) in [5, 5.41) is 7.60. The molecule has 0 aliphatic heterocycles. The van der Waals surface area contributed by atoms with E-state index in [-0.39, 0.29) is 0 Å². The van der Waals surface area contributed by atoms with Gasteiger partial charge in [-0.15, -0.1) is 0 Å². The highest BCUT2D eigenvalue weighted by molar-refractivity contribution is 7.80. The Hall–Kier alpha value is -0.440. The van der Waals surface area contributed by atoms with Crippen molar-refractivity contribution in [2.75, 3.05) is 5.75 Å². The molecule has 0 aromatic heterocycles. The first-order valence-electron chi connectivity index (χ1n) is 3.65. The smallest absolute Gasteiger partial charge is 0.327 e. The molecular formula is C8H16O2S. The molecule has 0 unspecified atom stereocenters. The predicted molar refractivity (Wildman–Crippen MR) is 51.2 cm³/mol. The van der Waals surface area contributed by atoms with Crippen LogP contribution in [0.25, 0.3) is 0 Å². The first-order valence-corrected chi connectivity index (χ1v) is 4.28. The molecule has 0 heterocycles. The maximum absolute atomic E-state index is 9.25. The fourth-order valence-corrected chi connectivity index (χ4v) is 0.585. The normalized spacial score (nSPS) is 7.82. The lowest BCUT2D eigenvalue weighted by Crippen LogP contribution is -1.82. The standard InChI is InChI=1S/C5H12S.C3H4O2/c1-2-3-4-5-6;1-2-3(4)5/h6H,2-5H2,1H3;2H,1H2,(H,4,5). The minimum Gasteiger partial charge on any atom is -0.478 e. The topological polar surface area (TPSA) is 37.3 Å². The number of hydrogen-bond acceptors (Lipinski definition) is 2. The van der Waals surface area contributed by atoms with Gasteiger partial charge in [-0.2, -0.15) is 12.6 Å². The molecule has 2 nitrogen and oxygen atoms in total. The number of hydrogen-bond donors (Lipinski definition) is 2. The molecule has 3 heteroatoms. The van der Waals surface area contributed by atoms with Gasteiger partial charge in [-0.1, -0.05) is 26.3 Å². The Morgan fingerprint density at radius 3 is 2.18 bits per heavy atom. The zero-order valence-corrected chi connectivity index (χ0v) is 7.81. The highest BCUT2D eigenvalue weighted by Gasteiger charge is 1.75. The van der Waals surface area contributed by atoms with E-state index < -0.39 is 5.97 Å². The van der Waals surface area contributed by atoms with E-state index in [1.54, 1.807) is 0 Å². The third-order valence-electron chi connectivity index (χ3n) is 0.936. The second-order valence-electron chi connectivity index (χ2n) is 1.97. The summed E-state index contributed by atoms with van der Waals surface area (Å²) < 4.78 is 0. The van der Waals surface area contributed by atoms with Crippen LogP contribution in [0.15, 0.2) is 12.7 Å². The molecule has 0 bridgehead atoms. The van der Waals surface area contributed by atoms with E-state index in [0.717, 1.165) is 11.8 Å². The van der Waals surface area contributed by atoms with Gasteiger partial charge < -0.3 is 5.11 Å².